The molecule has 0 radical (unpaired) electrons. The van der Waals surface area contributed by atoms with Gasteiger partial charge in [-0.15, -0.1) is 0 Å². The number of phenols is 1. The maximum Gasteiger partial charge on any atom is 0.115 e. The van der Waals surface area contributed by atoms with Gasteiger partial charge in [-0.05, 0) is 48.8 Å². The predicted octanol–water partition coefficient (Wildman–Crippen LogP) is 3.45. The highest BCUT2D eigenvalue weighted by atomic mass is 16.3. The molecule has 0 aromatic heterocycles. The van der Waals surface area contributed by atoms with Crippen LogP contribution in [0, 0.1) is 5.41 Å². The zero-order chi connectivity index (χ0) is 12.3. The maximum absolute atomic E-state index is 9.39. The van der Waals surface area contributed by atoms with E-state index in [1.54, 1.807) is 6.07 Å². The summed E-state index contributed by atoms with van der Waals surface area (Å²) < 4.78 is 0. The van der Waals surface area contributed by atoms with Gasteiger partial charge >= 0.3 is 0 Å². The third kappa shape index (κ3) is 3.74. The number of phenolic OH excluding ortho intramolecular Hbond substituents is 1. The van der Waals surface area contributed by atoms with Crippen LogP contribution in [-0.4, -0.2) is 11.1 Å². The summed E-state index contributed by atoms with van der Waals surface area (Å²) in [5.41, 5.74) is 1.69. The summed E-state index contributed by atoms with van der Waals surface area (Å²) in [4.78, 5) is 0. The monoisotopic (exact) mass is 233 g/mol. The highest BCUT2D eigenvalue weighted by molar-refractivity contribution is 5.26. The van der Waals surface area contributed by atoms with Crippen LogP contribution in [0.25, 0.3) is 0 Å². The van der Waals surface area contributed by atoms with Gasteiger partial charge in [0, 0.05) is 12.6 Å². The van der Waals surface area contributed by atoms with Crippen LogP contribution >= 0.6 is 0 Å². The lowest BCUT2D eigenvalue weighted by atomic mass is 9.75. The molecule has 0 unspecified atom stereocenters. The Morgan fingerprint density at radius 1 is 1.29 bits per heavy atom. The standard InChI is InChI=1S/C15H23NO/c1-15(2)8-6-13(7-9-15)16-11-12-4-3-5-14(17)10-12/h3-5,10,13,16-17H,6-9,11H2,1-2H3. The zero-order valence-corrected chi connectivity index (χ0v) is 10.9. The van der Waals surface area contributed by atoms with Gasteiger partial charge in [0.25, 0.3) is 0 Å². The number of hydrogen-bond donors (Lipinski definition) is 2. The van der Waals surface area contributed by atoms with Gasteiger partial charge in [-0.25, -0.2) is 0 Å². The summed E-state index contributed by atoms with van der Waals surface area (Å²) in [6.45, 7) is 5.58. The van der Waals surface area contributed by atoms with E-state index < -0.39 is 0 Å². The smallest absolute Gasteiger partial charge is 0.115 e. The van der Waals surface area contributed by atoms with Crippen molar-refractivity contribution in [3.05, 3.63) is 29.8 Å². The molecular weight excluding hydrogens is 210 g/mol. The second-order valence-corrected chi connectivity index (χ2v) is 5.99. The van der Waals surface area contributed by atoms with Crippen LogP contribution in [-0.2, 0) is 6.54 Å². The fraction of sp³-hybridized carbons (Fsp3) is 0.600. The normalized spacial score (nSPS) is 20.4. The van der Waals surface area contributed by atoms with Gasteiger partial charge in [-0.1, -0.05) is 26.0 Å². The fourth-order valence-electron chi connectivity index (χ4n) is 2.53. The van der Waals surface area contributed by atoms with Gasteiger partial charge in [0.1, 0.15) is 5.75 Å². The Balaban J connectivity index is 1.80. The molecule has 1 aromatic rings. The highest BCUT2D eigenvalue weighted by Gasteiger charge is 2.26. The quantitative estimate of drug-likeness (QED) is 0.838. The molecule has 0 spiro atoms. The number of nitrogens with one attached hydrogen (secondary N) is 1. The van der Waals surface area contributed by atoms with E-state index in [0.717, 1.165) is 12.1 Å². The van der Waals surface area contributed by atoms with E-state index in [2.05, 4.69) is 25.2 Å². The van der Waals surface area contributed by atoms with Gasteiger partial charge in [-0.2, -0.15) is 0 Å². The van der Waals surface area contributed by atoms with Crippen LogP contribution < -0.4 is 5.32 Å². The minimum absolute atomic E-state index is 0.356. The van der Waals surface area contributed by atoms with Crippen LogP contribution in [0.5, 0.6) is 5.75 Å². The molecular formula is C15H23NO. The molecule has 1 saturated carbocycles. The average molecular weight is 233 g/mol. The molecule has 0 aliphatic heterocycles. The van der Waals surface area contributed by atoms with E-state index in [1.165, 1.54) is 25.7 Å². The van der Waals surface area contributed by atoms with E-state index in [9.17, 15) is 5.11 Å². The van der Waals surface area contributed by atoms with Gasteiger partial charge in [-0.3, -0.25) is 0 Å². The maximum atomic E-state index is 9.39. The molecule has 17 heavy (non-hydrogen) atoms. The second-order valence-electron chi connectivity index (χ2n) is 5.99. The SMILES string of the molecule is CC1(C)CCC(NCc2cccc(O)c2)CC1. The molecule has 1 aliphatic carbocycles. The third-order valence-electron chi connectivity index (χ3n) is 3.84. The van der Waals surface area contributed by atoms with Gasteiger partial charge in [0.2, 0.25) is 0 Å². The van der Waals surface area contributed by atoms with Crippen LogP contribution in [0.15, 0.2) is 24.3 Å². The predicted molar refractivity (Wildman–Crippen MR) is 71.0 cm³/mol. The Bertz CT molecular complexity index is 363. The lowest BCUT2D eigenvalue weighted by Gasteiger charge is -2.34. The second kappa shape index (κ2) is 5.09. The van der Waals surface area contributed by atoms with Crippen molar-refractivity contribution in [2.45, 2.75) is 52.1 Å². The van der Waals surface area contributed by atoms with E-state index in [1.807, 2.05) is 12.1 Å². The molecule has 0 saturated heterocycles. The number of aromatic hydroxyl groups is 1. The highest BCUT2D eigenvalue weighted by Crippen LogP contribution is 2.35. The molecule has 1 fully saturated rings. The first-order chi connectivity index (χ1) is 8.05. The first-order valence-electron chi connectivity index (χ1n) is 6.56. The first-order valence-corrected chi connectivity index (χ1v) is 6.56. The molecule has 1 aromatic carbocycles. The summed E-state index contributed by atoms with van der Waals surface area (Å²) in [5, 5.41) is 13.0. The Hall–Kier alpha value is -1.02. The molecule has 2 rings (SSSR count). The topological polar surface area (TPSA) is 32.3 Å². The molecule has 0 heterocycles. The van der Waals surface area contributed by atoms with Crippen molar-refractivity contribution in [2.75, 3.05) is 0 Å². The fourth-order valence-corrected chi connectivity index (χ4v) is 2.53. The van der Waals surface area contributed by atoms with Gasteiger partial charge in [0.15, 0.2) is 0 Å². The summed E-state index contributed by atoms with van der Waals surface area (Å²) >= 11 is 0. The molecule has 0 atom stereocenters. The summed E-state index contributed by atoms with van der Waals surface area (Å²) in [6, 6.07) is 8.15. The van der Waals surface area contributed by atoms with Crippen molar-refractivity contribution in [1.29, 1.82) is 0 Å². The Labute approximate surface area is 104 Å². The largest absolute Gasteiger partial charge is 0.508 e. The molecule has 0 amide bonds. The van der Waals surface area contributed by atoms with E-state index in [4.69, 9.17) is 0 Å². The molecule has 1 aliphatic rings. The van der Waals surface area contributed by atoms with Gasteiger partial charge < -0.3 is 10.4 Å². The van der Waals surface area contributed by atoms with Crippen molar-refractivity contribution >= 4 is 0 Å². The Morgan fingerprint density at radius 3 is 2.65 bits per heavy atom. The van der Waals surface area contributed by atoms with Crippen molar-refractivity contribution in [3.63, 3.8) is 0 Å². The molecule has 2 heteroatoms. The van der Waals surface area contributed by atoms with Crippen LogP contribution in [0.3, 0.4) is 0 Å². The van der Waals surface area contributed by atoms with Crippen LogP contribution in [0.2, 0.25) is 0 Å². The Kier molecular flexibility index (Phi) is 3.72. The summed E-state index contributed by atoms with van der Waals surface area (Å²) in [5.74, 6) is 0.356. The Morgan fingerprint density at radius 2 is 2.00 bits per heavy atom. The minimum atomic E-state index is 0.356. The molecule has 2 nitrogen and oxygen atoms in total. The number of rotatable bonds is 3. The summed E-state index contributed by atoms with van der Waals surface area (Å²) in [6.07, 6.45) is 5.16. The third-order valence-corrected chi connectivity index (χ3v) is 3.84. The molecule has 2 N–H and O–H groups in total. The van der Waals surface area contributed by atoms with Crippen molar-refractivity contribution in [2.24, 2.45) is 5.41 Å². The van der Waals surface area contributed by atoms with Gasteiger partial charge in [0.05, 0.1) is 0 Å². The lowest BCUT2D eigenvalue weighted by molar-refractivity contribution is 0.206. The van der Waals surface area contributed by atoms with Crippen molar-refractivity contribution in [1.82, 2.24) is 5.32 Å². The zero-order valence-electron chi connectivity index (χ0n) is 10.9. The lowest BCUT2D eigenvalue weighted by Crippen LogP contribution is -2.35. The number of hydrogen-bond acceptors (Lipinski definition) is 2. The van der Waals surface area contributed by atoms with Crippen molar-refractivity contribution < 1.29 is 5.11 Å². The molecule has 94 valence electrons. The van der Waals surface area contributed by atoms with Crippen LogP contribution in [0.1, 0.15) is 45.1 Å². The summed E-state index contributed by atoms with van der Waals surface area (Å²) in [7, 11) is 0. The minimum Gasteiger partial charge on any atom is -0.508 e. The van der Waals surface area contributed by atoms with E-state index >= 15 is 0 Å². The van der Waals surface area contributed by atoms with E-state index in [0.29, 0.717) is 17.2 Å². The number of benzene rings is 1. The molecule has 0 bridgehead atoms. The average Bonchev–Trinajstić information content (AvgIpc) is 2.28. The first kappa shape index (κ1) is 12.4. The van der Waals surface area contributed by atoms with Crippen molar-refractivity contribution in [3.8, 4) is 5.75 Å². The van der Waals surface area contributed by atoms with E-state index in [-0.39, 0.29) is 0 Å². The van der Waals surface area contributed by atoms with Crippen LogP contribution in [0.4, 0.5) is 0 Å².